The van der Waals surface area contributed by atoms with Crippen LogP contribution in [0.15, 0.2) is 48.5 Å². The lowest BCUT2D eigenvalue weighted by Gasteiger charge is -2.38. The highest BCUT2D eigenvalue weighted by Gasteiger charge is 2.35. The topological polar surface area (TPSA) is 111 Å². The van der Waals surface area contributed by atoms with Crippen molar-refractivity contribution in [2.75, 3.05) is 37.4 Å². The number of hydrogen-bond donors (Lipinski definition) is 3. The highest BCUT2D eigenvalue weighted by atomic mass is 16.5. The van der Waals surface area contributed by atoms with E-state index in [-0.39, 0.29) is 42.8 Å². The Bertz CT molecular complexity index is 1100. The van der Waals surface area contributed by atoms with Gasteiger partial charge in [-0.2, -0.15) is 0 Å². The Labute approximate surface area is 211 Å². The minimum atomic E-state index is -0.413. The lowest BCUT2D eigenvalue weighted by atomic mass is 9.99. The first-order valence-electron chi connectivity index (χ1n) is 12.4. The largest absolute Gasteiger partial charge is 0.487 e. The second-order valence-corrected chi connectivity index (χ2v) is 9.77. The molecule has 9 nitrogen and oxygen atoms in total. The monoisotopic (exact) mass is 494 g/mol. The molecule has 4 amide bonds. The second kappa shape index (κ2) is 11.0. The first-order valence-corrected chi connectivity index (χ1v) is 12.4. The van der Waals surface area contributed by atoms with E-state index in [2.05, 4.69) is 10.6 Å². The molecule has 9 heteroatoms. The van der Waals surface area contributed by atoms with Crippen LogP contribution in [0.4, 0.5) is 16.2 Å². The first kappa shape index (κ1) is 25.5. The van der Waals surface area contributed by atoms with Crippen molar-refractivity contribution in [3.05, 3.63) is 54.1 Å². The minimum absolute atomic E-state index is 0.0349. The van der Waals surface area contributed by atoms with Gasteiger partial charge in [-0.05, 0) is 50.1 Å². The summed E-state index contributed by atoms with van der Waals surface area (Å²) in [6.07, 6.45) is 1.35. The molecule has 0 unspecified atom stereocenters. The van der Waals surface area contributed by atoms with Crippen LogP contribution in [-0.4, -0.2) is 71.6 Å². The van der Waals surface area contributed by atoms with Crippen molar-refractivity contribution in [2.24, 2.45) is 11.8 Å². The van der Waals surface area contributed by atoms with Gasteiger partial charge in [0.1, 0.15) is 11.9 Å². The van der Waals surface area contributed by atoms with E-state index in [1.807, 2.05) is 37.3 Å². The lowest BCUT2D eigenvalue weighted by molar-refractivity contribution is -0.117. The summed E-state index contributed by atoms with van der Waals surface area (Å²) in [4.78, 5) is 41.8. The number of amides is 4. The van der Waals surface area contributed by atoms with Crippen molar-refractivity contribution in [1.29, 1.82) is 0 Å². The lowest BCUT2D eigenvalue weighted by Crippen LogP contribution is -2.50. The Balaban J connectivity index is 1.57. The van der Waals surface area contributed by atoms with Gasteiger partial charge in [0.25, 0.3) is 5.91 Å². The van der Waals surface area contributed by atoms with Gasteiger partial charge in [0.05, 0.1) is 24.8 Å². The number of hydrogen-bond acceptors (Lipinski definition) is 5. The Morgan fingerprint density at radius 1 is 1.14 bits per heavy atom. The number of anilines is 2. The molecule has 1 aliphatic carbocycles. The van der Waals surface area contributed by atoms with Crippen LogP contribution in [0.25, 0.3) is 0 Å². The maximum Gasteiger partial charge on any atom is 0.321 e. The predicted octanol–water partition coefficient (Wildman–Crippen LogP) is 3.42. The van der Waals surface area contributed by atoms with E-state index in [1.165, 1.54) is 0 Å². The van der Waals surface area contributed by atoms with Gasteiger partial charge >= 0.3 is 6.03 Å². The van der Waals surface area contributed by atoms with E-state index in [4.69, 9.17) is 4.74 Å². The summed E-state index contributed by atoms with van der Waals surface area (Å²) in [5.41, 5.74) is 1.54. The highest BCUT2D eigenvalue weighted by molar-refractivity contribution is 6.00. The maximum atomic E-state index is 13.5. The van der Waals surface area contributed by atoms with Crippen molar-refractivity contribution in [3.63, 3.8) is 0 Å². The number of carbonyl (C=O) groups is 3. The Kier molecular flexibility index (Phi) is 7.79. The quantitative estimate of drug-likeness (QED) is 0.546. The zero-order valence-electron chi connectivity index (χ0n) is 20.9. The Morgan fingerprint density at radius 2 is 1.86 bits per heavy atom. The van der Waals surface area contributed by atoms with Crippen molar-refractivity contribution >= 4 is 29.2 Å². The number of rotatable bonds is 7. The van der Waals surface area contributed by atoms with E-state index in [0.717, 1.165) is 12.8 Å². The van der Waals surface area contributed by atoms with E-state index in [1.54, 1.807) is 42.0 Å². The number of benzene rings is 2. The summed E-state index contributed by atoms with van der Waals surface area (Å²) >= 11 is 0. The highest BCUT2D eigenvalue weighted by Crippen LogP contribution is 2.33. The van der Waals surface area contributed by atoms with E-state index >= 15 is 0 Å². The molecule has 1 heterocycles. The molecule has 3 atom stereocenters. The van der Waals surface area contributed by atoms with Crippen LogP contribution in [0.1, 0.15) is 37.0 Å². The normalized spacial score (nSPS) is 20.3. The van der Waals surface area contributed by atoms with Crippen molar-refractivity contribution in [2.45, 2.75) is 38.8 Å². The number of likely N-dealkylation sites (N-methyl/N-ethyl adjacent to an activating group) is 1. The molecule has 192 valence electrons. The summed E-state index contributed by atoms with van der Waals surface area (Å²) in [5.74, 6) is -0.0280. The summed E-state index contributed by atoms with van der Waals surface area (Å²) in [6, 6.07) is 13.6. The number of carbonyl (C=O) groups excluding carboxylic acids is 3. The third-order valence-electron chi connectivity index (χ3n) is 6.71. The first-order chi connectivity index (χ1) is 17.3. The summed E-state index contributed by atoms with van der Waals surface area (Å²) in [6.45, 7) is 4.20. The predicted molar refractivity (Wildman–Crippen MR) is 137 cm³/mol. The van der Waals surface area contributed by atoms with Gasteiger partial charge in [0.2, 0.25) is 5.91 Å². The van der Waals surface area contributed by atoms with Gasteiger partial charge in [0, 0.05) is 36.8 Å². The molecule has 1 fully saturated rings. The van der Waals surface area contributed by atoms with Crippen molar-refractivity contribution in [1.82, 2.24) is 9.80 Å². The number of fused-ring (bicyclic) bond motifs is 1. The van der Waals surface area contributed by atoms with E-state index in [9.17, 15) is 19.5 Å². The molecule has 0 spiro atoms. The zero-order chi connectivity index (χ0) is 25.8. The number of aliphatic hydroxyl groups excluding tert-OH is 1. The second-order valence-electron chi connectivity index (χ2n) is 9.77. The van der Waals surface area contributed by atoms with Crippen LogP contribution in [0, 0.1) is 11.8 Å². The molecule has 2 aromatic carbocycles. The van der Waals surface area contributed by atoms with Gasteiger partial charge in [-0.1, -0.05) is 25.1 Å². The number of nitrogens with zero attached hydrogens (tertiary/aromatic N) is 2. The van der Waals surface area contributed by atoms with E-state index in [0.29, 0.717) is 29.2 Å². The molecule has 1 saturated carbocycles. The van der Waals surface area contributed by atoms with Crippen LogP contribution in [0.5, 0.6) is 5.75 Å². The standard InChI is InChI=1S/C27H34N4O5/c1-17-14-31(18(2)16-32)26(34)22-13-21(28-25(33)19-9-10-19)11-12-23(22)36-24(17)15-30(3)27(35)29-20-7-5-4-6-8-20/h4-8,11-13,17-19,24,32H,9-10,14-16H2,1-3H3,(H,28,33)(H,29,35)/t17-,18+,24+/m0/s1. The van der Waals surface area contributed by atoms with Crippen molar-refractivity contribution < 1.29 is 24.2 Å². The summed E-state index contributed by atoms with van der Waals surface area (Å²) < 4.78 is 6.33. The summed E-state index contributed by atoms with van der Waals surface area (Å²) in [7, 11) is 1.70. The minimum Gasteiger partial charge on any atom is -0.487 e. The van der Waals surface area contributed by atoms with Gasteiger partial charge in [-0.25, -0.2) is 4.79 Å². The van der Waals surface area contributed by atoms with Crippen molar-refractivity contribution in [3.8, 4) is 5.75 Å². The molecule has 2 aliphatic rings. The fourth-order valence-corrected chi connectivity index (χ4v) is 4.20. The average molecular weight is 495 g/mol. The fourth-order valence-electron chi connectivity index (χ4n) is 4.20. The number of para-hydroxylation sites is 1. The van der Waals surface area contributed by atoms with E-state index < -0.39 is 12.1 Å². The molecule has 1 aliphatic heterocycles. The van der Waals surface area contributed by atoms with Crippen LogP contribution < -0.4 is 15.4 Å². The van der Waals surface area contributed by atoms with Gasteiger partial charge in [-0.3, -0.25) is 9.59 Å². The number of ether oxygens (including phenoxy) is 1. The number of nitrogens with one attached hydrogen (secondary N) is 2. The Hall–Kier alpha value is -3.59. The number of aliphatic hydroxyl groups is 1. The van der Waals surface area contributed by atoms with Crippen LogP contribution >= 0.6 is 0 Å². The molecule has 4 rings (SSSR count). The summed E-state index contributed by atoms with van der Waals surface area (Å²) in [5, 5.41) is 15.6. The molecule has 0 aromatic heterocycles. The molecular formula is C27H34N4O5. The van der Waals surface area contributed by atoms with Crippen LogP contribution in [-0.2, 0) is 4.79 Å². The molecule has 0 bridgehead atoms. The third-order valence-corrected chi connectivity index (χ3v) is 6.71. The van der Waals surface area contributed by atoms with Gasteiger partial charge in [0.15, 0.2) is 0 Å². The smallest absolute Gasteiger partial charge is 0.321 e. The molecule has 3 N–H and O–H groups in total. The fraction of sp³-hybridized carbons (Fsp3) is 0.444. The maximum absolute atomic E-state index is 13.5. The Morgan fingerprint density at radius 3 is 2.53 bits per heavy atom. The molecular weight excluding hydrogens is 460 g/mol. The van der Waals surface area contributed by atoms with Gasteiger partial charge < -0.3 is 30.3 Å². The SMILES string of the molecule is C[C@H](CO)N1C[C@H](C)[C@@H](CN(C)C(=O)Nc2ccccc2)Oc2ccc(NC(=O)C3CC3)cc2C1=O. The van der Waals surface area contributed by atoms with Crippen LogP contribution in [0.2, 0.25) is 0 Å². The average Bonchev–Trinajstić information content (AvgIpc) is 3.72. The van der Waals surface area contributed by atoms with Crippen LogP contribution in [0.3, 0.4) is 0 Å². The molecule has 36 heavy (non-hydrogen) atoms. The third kappa shape index (κ3) is 5.96. The van der Waals surface area contributed by atoms with Gasteiger partial charge in [-0.15, -0.1) is 0 Å². The molecule has 0 radical (unpaired) electrons. The number of urea groups is 1. The zero-order valence-corrected chi connectivity index (χ0v) is 20.9. The molecule has 2 aromatic rings. The molecule has 0 saturated heterocycles.